The number of benzene rings is 1. The summed E-state index contributed by atoms with van der Waals surface area (Å²) in [6, 6.07) is 5.33. The van der Waals surface area contributed by atoms with Gasteiger partial charge in [-0.05, 0) is 18.4 Å². The molecule has 0 radical (unpaired) electrons. The van der Waals surface area contributed by atoms with Crippen LogP contribution in [0.3, 0.4) is 0 Å². The second-order valence-corrected chi connectivity index (χ2v) is 6.00. The topological polar surface area (TPSA) is 88.0 Å². The number of carbonyl (C=O) groups excluding carboxylic acids is 1. The van der Waals surface area contributed by atoms with Gasteiger partial charge in [0.15, 0.2) is 6.29 Å². The minimum Gasteiger partial charge on any atom is -0.534 e. The van der Waals surface area contributed by atoms with Crippen LogP contribution in [0.15, 0.2) is 18.2 Å². The molecule has 3 N–H and O–H groups in total. The zero-order valence-corrected chi connectivity index (χ0v) is 14.4. The minimum absolute atomic E-state index is 0.205. The number of aliphatic hydroxyl groups excluding tert-OH is 1. The van der Waals surface area contributed by atoms with Gasteiger partial charge in [0.2, 0.25) is 5.91 Å². The number of fused-ring (bicyclic) bond motifs is 1. The van der Waals surface area contributed by atoms with Crippen molar-refractivity contribution in [2.45, 2.75) is 51.3 Å². The third kappa shape index (κ3) is 5.23. The van der Waals surface area contributed by atoms with Crippen LogP contribution in [0, 0.1) is 12.3 Å². The molecule has 1 heterocycles. The Kier molecular flexibility index (Phi) is 7.32. The van der Waals surface area contributed by atoms with Crippen molar-refractivity contribution in [2.24, 2.45) is 0 Å². The number of hydrogen-bond donors (Lipinski definition) is 3. The third-order valence-corrected chi connectivity index (χ3v) is 4.03. The zero-order valence-electron chi connectivity index (χ0n) is 14.4. The van der Waals surface area contributed by atoms with Crippen molar-refractivity contribution in [2.75, 3.05) is 6.61 Å². The second-order valence-electron chi connectivity index (χ2n) is 6.00. The maximum absolute atomic E-state index is 11.8. The van der Waals surface area contributed by atoms with Crippen LogP contribution >= 0.6 is 0 Å². The van der Waals surface area contributed by atoms with E-state index >= 15 is 0 Å². The van der Waals surface area contributed by atoms with Gasteiger partial charge >= 0.3 is 7.12 Å². The van der Waals surface area contributed by atoms with Crippen LogP contribution < -0.4 is 9.97 Å². The maximum atomic E-state index is 11.8. The molecule has 7 heteroatoms. The van der Waals surface area contributed by atoms with Crippen molar-refractivity contribution in [3.8, 4) is 18.1 Å². The molecule has 0 aliphatic carbocycles. The molecular weight excluding hydrogens is 321 g/mol. The summed E-state index contributed by atoms with van der Waals surface area (Å²) in [6.45, 7) is 2.48. The van der Waals surface area contributed by atoms with Crippen LogP contribution in [0.1, 0.15) is 50.0 Å². The fraction of sp³-hybridized carbons (Fsp3) is 0.500. The standard InChI is InChI=1S/C18H24BNO5/c1-3-5-10-16(21)20-15-12-13-8-7-9-14(17(13)25-19(15)23)18(22)24-11-6-4-2/h1,7-9,15,18,22-23H,4-6,10-12H2,2H3,(H,20,21)/t15-,18?/m0/s1. The van der Waals surface area contributed by atoms with Crippen molar-refractivity contribution in [3.63, 3.8) is 0 Å². The smallest absolute Gasteiger partial charge is 0.534 e. The molecule has 0 bridgehead atoms. The van der Waals surface area contributed by atoms with Gasteiger partial charge in [0, 0.05) is 18.4 Å². The minimum atomic E-state index is -1.20. The predicted molar refractivity (Wildman–Crippen MR) is 94.6 cm³/mol. The molecular formula is C18H24BNO5. The fourth-order valence-electron chi connectivity index (χ4n) is 2.66. The normalized spacial score (nSPS) is 17.2. The lowest BCUT2D eigenvalue weighted by Gasteiger charge is -2.30. The van der Waals surface area contributed by atoms with E-state index < -0.39 is 19.3 Å². The molecule has 2 rings (SSSR count). The predicted octanol–water partition coefficient (Wildman–Crippen LogP) is 1.35. The molecule has 1 aromatic rings. The van der Waals surface area contributed by atoms with Crippen LogP contribution in [0.2, 0.25) is 0 Å². The van der Waals surface area contributed by atoms with Gasteiger partial charge in [0.25, 0.3) is 0 Å². The van der Waals surface area contributed by atoms with Gasteiger partial charge in [-0.1, -0.05) is 31.5 Å². The molecule has 0 fully saturated rings. The summed E-state index contributed by atoms with van der Waals surface area (Å²) in [7, 11) is -1.20. The summed E-state index contributed by atoms with van der Waals surface area (Å²) >= 11 is 0. The Hall–Kier alpha value is -2.01. The van der Waals surface area contributed by atoms with E-state index in [9.17, 15) is 14.9 Å². The Morgan fingerprint density at radius 2 is 2.40 bits per heavy atom. The van der Waals surface area contributed by atoms with Crippen LogP contribution in [0.5, 0.6) is 5.75 Å². The Morgan fingerprint density at radius 3 is 3.12 bits per heavy atom. The van der Waals surface area contributed by atoms with E-state index in [-0.39, 0.29) is 12.3 Å². The van der Waals surface area contributed by atoms with Gasteiger partial charge in [-0.2, -0.15) is 0 Å². The number of rotatable bonds is 8. The molecule has 0 saturated carbocycles. The quantitative estimate of drug-likeness (QED) is 0.286. The number of unbranched alkanes of at least 4 members (excludes halogenated alkanes) is 1. The highest BCUT2D eigenvalue weighted by Crippen LogP contribution is 2.34. The van der Waals surface area contributed by atoms with Gasteiger partial charge in [0.05, 0.1) is 12.5 Å². The number of ether oxygens (including phenoxy) is 1. The van der Waals surface area contributed by atoms with Crippen molar-refractivity contribution >= 4 is 13.0 Å². The average Bonchev–Trinajstić information content (AvgIpc) is 2.60. The summed E-state index contributed by atoms with van der Waals surface area (Å²) in [5.74, 6) is 2.03. The largest absolute Gasteiger partial charge is 0.547 e. The number of terminal acetylenes is 1. The van der Waals surface area contributed by atoms with Crippen LogP contribution in [-0.4, -0.2) is 35.7 Å². The van der Waals surface area contributed by atoms with Crippen molar-refractivity contribution in [1.29, 1.82) is 0 Å². The molecule has 1 unspecified atom stereocenters. The fourth-order valence-corrected chi connectivity index (χ4v) is 2.66. The molecule has 1 amide bonds. The highest BCUT2D eigenvalue weighted by atomic mass is 16.6. The van der Waals surface area contributed by atoms with Gasteiger partial charge in [-0.3, -0.25) is 4.79 Å². The number of nitrogens with one attached hydrogen (secondary N) is 1. The molecule has 0 aromatic heterocycles. The summed E-state index contributed by atoms with van der Waals surface area (Å²) in [5, 5.41) is 23.2. The van der Waals surface area contributed by atoms with Gasteiger partial charge in [0.1, 0.15) is 5.75 Å². The number of amides is 1. The lowest BCUT2D eigenvalue weighted by atomic mass is 9.72. The summed E-state index contributed by atoms with van der Waals surface area (Å²) < 4.78 is 11.0. The van der Waals surface area contributed by atoms with E-state index in [1.165, 1.54) is 0 Å². The van der Waals surface area contributed by atoms with Crippen LogP contribution in [0.25, 0.3) is 0 Å². The Bertz CT molecular complexity index is 630. The lowest BCUT2D eigenvalue weighted by Crippen LogP contribution is -2.53. The van der Waals surface area contributed by atoms with E-state index in [0.29, 0.717) is 30.8 Å². The first-order valence-corrected chi connectivity index (χ1v) is 8.55. The van der Waals surface area contributed by atoms with E-state index in [1.807, 2.05) is 13.0 Å². The SMILES string of the molecule is C#CCCC(=O)N[C@H]1Cc2cccc(C(O)OCCCC)c2OB1O. The number of carbonyl (C=O) groups is 1. The molecule has 0 saturated heterocycles. The first-order chi connectivity index (χ1) is 12.1. The first kappa shape index (κ1) is 19.3. The van der Waals surface area contributed by atoms with E-state index in [0.717, 1.165) is 18.4 Å². The molecule has 134 valence electrons. The molecule has 6 nitrogen and oxygen atoms in total. The molecule has 1 aliphatic rings. The van der Waals surface area contributed by atoms with Gasteiger partial charge < -0.3 is 24.8 Å². The number of hydrogen-bond acceptors (Lipinski definition) is 5. The van der Waals surface area contributed by atoms with Crippen molar-refractivity contribution in [1.82, 2.24) is 5.32 Å². The third-order valence-electron chi connectivity index (χ3n) is 4.03. The highest BCUT2D eigenvalue weighted by molar-refractivity contribution is 6.46. The average molecular weight is 345 g/mol. The highest BCUT2D eigenvalue weighted by Gasteiger charge is 2.37. The van der Waals surface area contributed by atoms with Crippen molar-refractivity contribution in [3.05, 3.63) is 29.3 Å². The summed E-state index contributed by atoms with van der Waals surface area (Å²) in [5.41, 5.74) is 1.27. The number of para-hydroxylation sites is 1. The summed E-state index contributed by atoms with van der Waals surface area (Å²) in [6.07, 6.45) is 6.80. The van der Waals surface area contributed by atoms with E-state index in [4.69, 9.17) is 15.8 Å². The zero-order chi connectivity index (χ0) is 18.2. The Morgan fingerprint density at radius 1 is 1.60 bits per heavy atom. The molecule has 0 spiro atoms. The second kappa shape index (κ2) is 9.47. The molecule has 25 heavy (non-hydrogen) atoms. The maximum Gasteiger partial charge on any atom is 0.547 e. The Balaban J connectivity index is 2.07. The van der Waals surface area contributed by atoms with Gasteiger partial charge in [-0.15, -0.1) is 12.3 Å². The molecule has 1 aliphatic heterocycles. The van der Waals surface area contributed by atoms with Gasteiger partial charge in [-0.25, -0.2) is 0 Å². The van der Waals surface area contributed by atoms with Crippen molar-refractivity contribution < 1.29 is 24.3 Å². The summed E-state index contributed by atoms with van der Waals surface area (Å²) in [4.78, 5) is 11.8. The van der Waals surface area contributed by atoms with E-state index in [1.54, 1.807) is 12.1 Å². The monoisotopic (exact) mass is 345 g/mol. The van der Waals surface area contributed by atoms with E-state index in [2.05, 4.69) is 11.2 Å². The number of aliphatic hydroxyl groups is 1. The van der Waals surface area contributed by atoms with Crippen LogP contribution in [-0.2, 0) is 16.0 Å². The lowest BCUT2D eigenvalue weighted by molar-refractivity contribution is -0.121. The molecule has 2 atom stereocenters. The Labute approximate surface area is 148 Å². The molecule has 1 aromatic carbocycles. The first-order valence-electron chi connectivity index (χ1n) is 8.55. The van der Waals surface area contributed by atoms with Crippen LogP contribution in [0.4, 0.5) is 0 Å².